The number of carboxylic acid groups (broad SMARTS) is 1. The fourth-order valence-electron chi connectivity index (χ4n) is 3.11. The zero-order chi connectivity index (χ0) is 17.3. The molecular formula is C19H19FO4. The van der Waals surface area contributed by atoms with Crippen molar-refractivity contribution in [3.8, 4) is 11.5 Å². The van der Waals surface area contributed by atoms with Gasteiger partial charge in [-0.15, -0.1) is 0 Å². The highest BCUT2D eigenvalue weighted by Crippen LogP contribution is 2.44. The molecule has 1 N–H and O–H groups in total. The first-order chi connectivity index (χ1) is 11.4. The smallest absolute Gasteiger partial charge is 0.335 e. The van der Waals surface area contributed by atoms with Crippen LogP contribution in [0.2, 0.25) is 0 Å². The number of carbonyl (C=O) groups is 1. The molecule has 0 radical (unpaired) electrons. The molecule has 0 aliphatic carbocycles. The minimum atomic E-state index is -0.995. The first-order valence-corrected chi connectivity index (χ1v) is 7.87. The molecule has 1 aliphatic heterocycles. The maximum absolute atomic E-state index is 13.1. The third-order valence-corrected chi connectivity index (χ3v) is 4.08. The van der Waals surface area contributed by atoms with Crippen molar-refractivity contribution in [3.05, 3.63) is 58.9 Å². The van der Waals surface area contributed by atoms with E-state index in [0.717, 1.165) is 11.1 Å². The lowest BCUT2D eigenvalue weighted by Crippen LogP contribution is -2.33. The molecule has 0 fully saturated rings. The molecular weight excluding hydrogens is 311 g/mol. The number of ether oxygens (including phenoxy) is 2. The van der Waals surface area contributed by atoms with Crippen LogP contribution in [0.15, 0.2) is 36.4 Å². The van der Waals surface area contributed by atoms with E-state index in [1.54, 1.807) is 18.2 Å². The van der Waals surface area contributed by atoms with E-state index >= 15 is 0 Å². The van der Waals surface area contributed by atoms with Gasteiger partial charge in [-0.2, -0.15) is 0 Å². The monoisotopic (exact) mass is 330 g/mol. The van der Waals surface area contributed by atoms with Crippen LogP contribution in [0.25, 0.3) is 0 Å². The molecule has 0 saturated carbocycles. The van der Waals surface area contributed by atoms with Gasteiger partial charge < -0.3 is 14.6 Å². The predicted octanol–water partition coefficient (Wildman–Crippen LogP) is 3.86. The third kappa shape index (κ3) is 3.20. The largest absolute Gasteiger partial charge is 0.490 e. The second-order valence-electron chi connectivity index (χ2n) is 6.23. The van der Waals surface area contributed by atoms with Gasteiger partial charge in [0.05, 0.1) is 12.2 Å². The molecule has 0 amide bonds. The van der Waals surface area contributed by atoms with Crippen LogP contribution in [-0.4, -0.2) is 23.3 Å². The van der Waals surface area contributed by atoms with Crippen molar-refractivity contribution in [2.75, 3.05) is 6.61 Å². The summed E-state index contributed by atoms with van der Waals surface area (Å²) >= 11 is 0. The van der Waals surface area contributed by atoms with Gasteiger partial charge >= 0.3 is 5.97 Å². The fraction of sp³-hybridized carbons (Fsp3) is 0.316. The van der Waals surface area contributed by atoms with E-state index in [2.05, 4.69) is 0 Å². The quantitative estimate of drug-likeness (QED) is 0.904. The Morgan fingerprint density at radius 2 is 2.04 bits per heavy atom. The van der Waals surface area contributed by atoms with Crippen LogP contribution < -0.4 is 9.47 Å². The SMILES string of the molecule is CCOc1cc(C(=O)O)cc2c1O[C@@](C)(Cc1ccc(F)cc1)C2. The maximum Gasteiger partial charge on any atom is 0.335 e. The molecule has 1 heterocycles. The first kappa shape index (κ1) is 16.3. The molecule has 24 heavy (non-hydrogen) atoms. The van der Waals surface area contributed by atoms with Crippen LogP contribution in [-0.2, 0) is 12.8 Å². The van der Waals surface area contributed by atoms with Crippen LogP contribution in [0.3, 0.4) is 0 Å². The van der Waals surface area contributed by atoms with Crippen molar-refractivity contribution in [3.63, 3.8) is 0 Å². The molecule has 0 saturated heterocycles. The Bertz CT molecular complexity index is 770. The summed E-state index contributed by atoms with van der Waals surface area (Å²) in [4.78, 5) is 11.3. The van der Waals surface area contributed by atoms with E-state index in [1.165, 1.54) is 18.2 Å². The minimum absolute atomic E-state index is 0.187. The minimum Gasteiger partial charge on any atom is -0.490 e. The van der Waals surface area contributed by atoms with Crippen molar-refractivity contribution < 1.29 is 23.8 Å². The number of carboxylic acids is 1. The molecule has 0 unspecified atom stereocenters. The molecule has 3 rings (SSSR count). The van der Waals surface area contributed by atoms with E-state index in [0.29, 0.717) is 30.9 Å². The van der Waals surface area contributed by atoms with Gasteiger partial charge in [0.25, 0.3) is 0 Å². The summed E-state index contributed by atoms with van der Waals surface area (Å²) in [5.41, 5.74) is 1.45. The number of hydrogen-bond donors (Lipinski definition) is 1. The summed E-state index contributed by atoms with van der Waals surface area (Å²) in [7, 11) is 0. The second-order valence-corrected chi connectivity index (χ2v) is 6.23. The van der Waals surface area contributed by atoms with Crippen LogP contribution in [0, 0.1) is 5.82 Å². The van der Waals surface area contributed by atoms with Crippen molar-refractivity contribution in [1.29, 1.82) is 0 Å². The van der Waals surface area contributed by atoms with Gasteiger partial charge in [-0.3, -0.25) is 0 Å². The molecule has 1 aliphatic rings. The van der Waals surface area contributed by atoms with E-state index in [-0.39, 0.29) is 11.4 Å². The lowest BCUT2D eigenvalue weighted by molar-refractivity contribution is 0.0696. The highest BCUT2D eigenvalue weighted by Gasteiger charge is 2.37. The second kappa shape index (κ2) is 6.15. The van der Waals surface area contributed by atoms with Crippen LogP contribution in [0.5, 0.6) is 11.5 Å². The Morgan fingerprint density at radius 1 is 1.33 bits per heavy atom. The molecule has 4 nitrogen and oxygen atoms in total. The molecule has 126 valence electrons. The molecule has 2 aromatic rings. The van der Waals surface area contributed by atoms with Gasteiger partial charge in [0.1, 0.15) is 11.4 Å². The number of fused-ring (bicyclic) bond motifs is 1. The van der Waals surface area contributed by atoms with Crippen molar-refractivity contribution in [2.24, 2.45) is 0 Å². The normalized spacial score (nSPS) is 18.8. The average Bonchev–Trinajstić information content (AvgIpc) is 2.86. The molecule has 0 aromatic heterocycles. The maximum atomic E-state index is 13.1. The summed E-state index contributed by atoms with van der Waals surface area (Å²) in [5.74, 6) is -0.211. The van der Waals surface area contributed by atoms with Crippen LogP contribution in [0.1, 0.15) is 35.3 Å². The summed E-state index contributed by atoms with van der Waals surface area (Å²) in [5, 5.41) is 9.27. The first-order valence-electron chi connectivity index (χ1n) is 7.87. The fourth-order valence-corrected chi connectivity index (χ4v) is 3.11. The number of rotatable bonds is 5. The summed E-state index contributed by atoms with van der Waals surface area (Å²) in [6.07, 6.45) is 1.16. The van der Waals surface area contributed by atoms with Gasteiger partial charge in [0.2, 0.25) is 0 Å². The molecule has 0 spiro atoms. The van der Waals surface area contributed by atoms with Crippen LogP contribution in [0.4, 0.5) is 4.39 Å². The van der Waals surface area contributed by atoms with E-state index < -0.39 is 11.6 Å². The molecule has 2 aromatic carbocycles. The van der Waals surface area contributed by atoms with Gasteiger partial charge in [-0.1, -0.05) is 12.1 Å². The number of aromatic carboxylic acids is 1. The Kier molecular flexibility index (Phi) is 4.18. The lowest BCUT2D eigenvalue weighted by Gasteiger charge is -2.24. The van der Waals surface area contributed by atoms with Gasteiger partial charge in [0, 0.05) is 18.4 Å². The zero-order valence-corrected chi connectivity index (χ0v) is 13.6. The Balaban J connectivity index is 1.90. The third-order valence-electron chi connectivity index (χ3n) is 4.08. The average molecular weight is 330 g/mol. The lowest BCUT2D eigenvalue weighted by atomic mass is 9.91. The Hall–Kier alpha value is -2.56. The number of halogens is 1. The standard InChI is InChI=1S/C19H19FO4/c1-3-23-16-9-13(18(21)22)8-14-11-19(2,24-17(14)16)10-12-4-6-15(20)7-5-12/h4-9H,3,10-11H2,1-2H3,(H,21,22)/t19-/m0/s1. The van der Waals surface area contributed by atoms with E-state index in [1.807, 2.05) is 13.8 Å². The van der Waals surface area contributed by atoms with E-state index in [9.17, 15) is 14.3 Å². The Labute approximate surface area is 139 Å². The van der Waals surface area contributed by atoms with Crippen molar-refractivity contribution in [1.82, 2.24) is 0 Å². The highest BCUT2D eigenvalue weighted by atomic mass is 19.1. The summed E-state index contributed by atoms with van der Waals surface area (Å²) in [6, 6.07) is 9.45. The molecule has 1 atom stereocenters. The van der Waals surface area contributed by atoms with Crippen molar-refractivity contribution in [2.45, 2.75) is 32.3 Å². The van der Waals surface area contributed by atoms with E-state index in [4.69, 9.17) is 9.47 Å². The number of benzene rings is 2. The van der Waals surface area contributed by atoms with Crippen LogP contribution >= 0.6 is 0 Å². The van der Waals surface area contributed by atoms with Crippen molar-refractivity contribution >= 4 is 5.97 Å². The highest BCUT2D eigenvalue weighted by molar-refractivity contribution is 5.89. The van der Waals surface area contributed by atoms with Gasteiger partial charge in [0.15, 0.2) is 11.5 Å². The molecule has 0 bridgehead atoms. The summed E-state index contributed by atoms with van der Waals surface area (Å²) < 4.78 is 24.8. The summed E-state index contributed by atoms with van der Waals surface area (Å²) in [6.45, 7) is 4.23. The molecule has 5 heteroatoms. The Morgan fingerprint density at radius 3 is 2.67 bits per heavy atom. The van der Waals surface area contributed by atoms with Gasteiger partial charge in [-0.25, -0.2) is 9.18 Å². The zero-order valence-electron chi connectivity index (χ0n) is 13.6. The topological polar surface area (TPSA) is 55.8 Å². The van der Waals surface area contributed by atoms with Gasteiger partial charge in [-0.05, 0) is 43.7 Å². The number of hydrogen-bond acceptors (Lipinski definition) is 3. The predicted molar refractivity (Wildman–Crippen MR) is 87.4 cm³/mol.